The van der Waals surface area contributed by atoms with Gasteiger partial charge in [0.25, 0.3) is 11.8 Å². The minimum Gasteiger partial charge on any atom is -0.483 e. The second-order valence-electron chi connectivity index (χ2n) is 7.27. The lowest BCUT2D eigenvalue weighted by atomic mass is 10.1. The molecule has 0 aliphatic heterocycles. The van der Waals surface area contributed by atoms with E-state index in [-0.39, 0.29) is 18.6 Å². The fourth-order valence-corrected chi connectivity index (χ4v) is 3.17. The second-order valence-corrected chi connectivity index (χ2v) is 7.27. The maximum Gasteiger partial charge on any atom is 0.262 e. The van der Waals surface area contributed by atoms with Crippen LogP contribution >= 0.6 is 0 Å². The van der Waals surface area contributed by atoms with Crippen LogP contribution in [0.3, 0.4) is 0 Å². The van der Waals surface area contributed by atoms with Crippen LogP contribution in [0, 0.1) is 6.92 Å². The summed E-state index contributed by atoms with van der Waals surface area (Å²) >= 11 is 0. The lowest BCUT2D eigenvalue weighted by Gasteiger charge is -2.15. The van der Waals surface area contributed by atoms with Gasteiger partial charge in [0, 0.05) is 5.56 Å². The van der Waals surface area contributed by atoms with E-state index in [1.54, 1.807) is 6.07 Å². The number of nitrogens with one attached hydrogen (secondary N) is 1. The van der Waals surface area contributed by atoms with Crippen molar-refractivity contribution in [1.82, 2.24) is 15.5 Å². The van der Waals surface area contributed by atoms with E-state index < -0.39 is 0 Å². The Bertz CT molecular complexity index is 1150. The van der Waals surface area contributed by atoms with Crippen molar-refractivity contribution in [2.75, 3.05) is 6.61 Å². The fraction of sp³-hybridized carbons (Fsp3) is 0.160. The monoisotopic (exact) mass is 413 g/mol. The predicted molar refractivity (Wildman–Crippen MR) is 118 cm³/mol. The molecule has 0 fully saturated rings. The van der Waals surface area contributed by atoms with Crippen molar-refractivity contribution < 1.29 is 14.1 Å². The van der Waals surface area contributed by atoms with Crippen LogP contribution in [0.5, 0.6) is 5.75 Å². The van der Waals surface area contributed by atoms with Crippen LogP contribution in [0.2, 0.25) is 0 Å². The summed E-state index contributed by atoms with van der Waals surface area (Å²) in [5, 5.41) is 7.02. The molecule has 0 radical (unpaired) electrons. The predicted octanol–water partition coefficient (Wildman–Crippen LogP) is 4.97. The molecule has 0 bridgehead atoms. The number of rotatable bonds is 7. The minimum absolute atomic E-state index is 0.111. The first kappa shape index (κ1) is 20.3. The van der Waals surface area contributed by atoms with Gasteiger partial charge in [-0.1, -0.05) is 77.5 Å². The van der Waals surface area contributed by atoms with Crippen LogP contribution in [0.4, 0.5) is 0 Å². The number of ether oxygens (including phenoxy) is 1. The molecule has 6 nitrogen and oxygen atoms in total. The zero-order valence-corrected chi connectivity index (χ0v) is 17.4. The smallest absolute Gasteiger partial charge is 0.262 e. The Morgan fingerprint density at radius 2 is 1.71 bits per heavy atom. The number of carbonyl (C=O) groups excluding carboxylic acids is 1. The van der Waals surface area contributed by atoms with E-state index in [9.17, 15) is 4.79 Å². The van der Waals surface area contributed by atoms with Crippen LogP contribution in [0.1, 0.15) is 24.1 Å². The number of amides is 1. The van der Waals surface area contributed by atoms with E-state index >= 15 is 0 Å². The Labute approximate surface area is 180 Å². The second kappa shape index (κ2) is 9.26. The highest BCUT2D eigenvalue weighted by Crippen LogP contribution is 2.30. The SMILES string of the molecule is Cc1ccc(-c2noc(-c3ccccc3OCC(=O)NC(C)c3ccccc3)n2)cc1. The van der Waals surface area contributed by atoms with Crippen molar-refractivity contribution in [3.05, 3.63) is 90.0 Å². The Kier molecular flexibility index (Phi) is 6.08. The Hall–Kier alpha value is -3.93. The summed E-state index contributed by atoms with van der Waals surface area (Å²) in [6.07, 6.45) is 0. The summed E-state index contributed by atoms with van der Waals surface area (Å²) in [5.74, 6) is 1.13. The lowest BCUT2D eigenvalue weighted by Crippen LogP contribution is -2.31. The highest BCUT2D eigenvalue weighted by atomic mass is 16.5. The van der Waals surface area contributed by atoms with Crippen LogP contribution in [0.15, 0.2) is 83.4 Å². The first-order valence-corrected chi connectivity index (χ1v) is 10.1. The lowest BCUT2D eigenvalue weighted by molar-refractivity contribution is -0.123. The summed E-state index contributed by atoms with van der Waals surface area (Å²) in [4.78, 5) is 16.9. The first-order valence-electron chi connectivity index (χ1n) is 10.1. The van der Waals surface area contributed by atoms with E-state index in [1.807, 2.05) is 86.6 Å². The quantitative estimate of drug-likeness (QED) is 0.463. The van der Waals surface area contributed by atoms with E-state index in [4.69, 9.17) is 9.26 Å². The minimum atomic E-state index is -0.211. The maximum atomic E-state index is 12.4. The number of hydrogen-bond acceptors (Lipinski definition) is 5. The van der Waals surface area contributed by atoms with E-state index in [0.717, 1.165) is 16.7 Å². The van der Waals surface area contributed by atoms with Gasteiger partial charge >= 0.3 is 0 Å². The molecule has 0 saturated heterocycles. The molecular weight excluding hydrogens is 390 g/mol. The molecule has 4 aromatic rings. The number of nitrogens with zero attached hydrogens (tertiary/aromatic N) is 2. The van der Waals surface area contributed by atoms with E-state index in [1.165, 1.54) is 0 Å². The molecule has 1 heterocycles. The van der Waals surface area contributed by atoms with Gasteiger partial charge in [-0.05, 0) is 31.5 Å². The van der Waals surface area contributed by atoms with E-state index in [2.05, 4.69) is 15.5 Å². The highest BCUT2D eigenvalue weighted by molar-refractivity contribution is 5.78. The van der Waals surface area contributed by atoms with Crippen molar-refractivity contribution >= 4 is 5.91 Å². The Morgan fingerprint density at radius 3 is 2.48 bits per heavy atom. The van der Waals surface area contributed by atoms with E-state index in [0.29, 0.717) is 23.0 Å². The van der Waals surface area contributed by atoms with Crippen molar-refractivity contribution in [2.24, 2.45) is 0 Å². The van der Waals surface area contributed by atoms with Crippen molar-refractivity contribution in [1.29, 1.82) is 0 Å². The van der Waals surface area contributed by atoms with Gasteiger partial charge in [0.15, 0.2) is 6.61 Å². The van der Waals surface area contributed by atoms with Crippen molar-refractivity contribution in [3.8, 4) is 28.6 Å². The highest BCUT2D eigenvalue weighted by Gasteiger charge is 2.16. The largest absolute Gasteiger partial charge is 0.483 e. The number of aryl methyl sites for hydroxylation is 1. The average molecular weight is 413 g/mol. The zero-order chi connectivity index (χ0) is 21.6. The molecule has 156 valence electrons. The van der Waals surface area contributed by atoms with Crippen molar-refractivity contribution in [3.63, 3.8) is 0 Å². The molecule has 0 aliphatic rings. The standard InChI is InChI=1S/C25H23N3O3/c1-17-12-14-20(15-13-17)24-27-25(31-28-24)21-10-6-7-11-22(21)30-16-23(29)26-18(2)19-8-4-3-5-9-19/h3-15,18H,16H2,1-2H3,(H,26,29). The number of hydrogen-bond donors (Lipinski definition) is 1. The zero-order valence-electron chi connectivity index (χ0n) is 17.4. The molecule has 1 N–H and O–H groups in total. The maximum absolute atomic E-state index is 12.4. The molecule has 1 amide bonds. The molecule has 3 aromatic carbocycles. The topological polar surface area (TPSA) is 77.2 Å². The van der Waals surface area contributed by atoms with Crippen LogP contribution in [0.25, 0.3) is 22.8 Å². The molecule has 0 saturated carbocycles. The van der Waals surface area contributed by atoms with Gasteiger partial charge in [-0.25, -0.2) is 0 Å². The van der Waals surface area contributed by atoms with Crippen LogP contribution in [-0.2, 0) is 4.79 Å². The van der Waals surface area contributed by atoms with Crippen LogP contribution < -0.4 is 10.1 Å². The third-order valence-corrected chi connectivity index (χ3v) is 4.89. The summed E-state index contributed by atoms with van der Waals surface area (Å²) in [6, 6.07) is 24.9. The molecular formula is C25H23N3O3. The average Bonchev–Trinajstić information content (AvgIpc) is 3.29. The number of benzene rings is 3. The number of aromatic nitrogens is 2. The van der Waals surface area contributed by atoms with Gasteiger partial charge < -0.3 is 14.6 Å². The van der Waals surface area contributed by atoms with Gasteiger partial charge in [-0.15, -0.1) is 0 Å². The first-order chi connectivity index (χ1) is 15.1. The van der Waals surface area contributed by atoms with Gasteiger partial charge in [0.1, 0.15) is 5.75 Å². The molecule has 0 spiro atoms. The number of para-hydroxylation sites is 1. The molecule has 1 atom stereocenters. The third kappa shape index (κ3) is 4.98. The summed E-state index contributed by atoms with van der Waals surface area (Å²) in [6.45, 7) is 3.84. The third-order valence-electron chi connectivity index (χ3n) is 4.89. The summed E-state index contributed by atoms with van der Waals surface area (Å²) in [5.41, 5.74) is 3.70. The Balaban J connectivity index is 1.44. The van der Waals surface area contributed by atoms with Crippen molar-refractivity contribution in [2.45, 2.75) is 19.9 Å². The van der Waals surface area contributed by atoms with Gasteiger partial charge in [-0.2, -0.15) is 4.98 Å². The Morgan fingerprint density at radius 1 is 1.00 bits per heavy atom. The summed E-state index contributed by atoms with van der Waals surface area (Å²) < 4.78 is 11.2. The molecule has 0 aliphatic carbocycles. The molecule has 6 heteroatoms. The van der Waals surface area contributed by atoms with Gasteiger partial charge in [-0.3, -0.25) is 4.79 Å². The fourth-order valence-electron chi connectivity index (χ4n) is 3.17. The normalized spacial score (nSPS) is 11.7. The van der Waals surface area contributed by atoms with Gasteiger partial charge in [0.2, 0.25) is 5.82 Å². The molecule has 4 rings (SSSR count). The molecule has 1 unspecified atom stereocenters. The molecule has 31 heavy (non-hydrogen) atoms. The summed E-state index contributed by atoms with van der Waals surface area (Å²) in [7, 11) is 0. The van der Waals surface area contributed by atoms with Crippen LogP contribution in [-0.4, -0.2) is 22.7 Å². The van der Waals surface area contributed by atoms with Gasteiger partial charge in [0.05, 0.1) is 11.6 Å². The number of carbonyl (C=O) groups is 1. The molecule has 1 aromatic heterocycles.